The van der Waals surface area contributed by atoms with Crippen LogP contribution in [0.4, 0.5) is 13.2 Å². The van der Waals surface area contributed by atoms with Gasteiger partial charge < -0.3 is 9.84 Å². The molecule has 0 heterocycles. The van der Waals surface area contributed by atoms with Gasteiger partial charge in [0.2, 0.25) is 0 Å². The molecule has 0 saturated carbocycles. The number of aliphatic hydroxyl groups is 1. The summed E-state index contributed by atoms with van der Waals surface area (Å²) in [5, 5.41) is 10.1. The number of methoxy groups -OCH3 is 1. The van der Waals surface area contributed by atoms with Crippen molar-refractivity contribution in [3.63, 3.8) is 0 Å². The van der Waals surface area contributed by atoms with E-state index in [1.165, 1.54) is 12.1 Å². The molecule has 0 unspecified atom stereocenters. The monoisotopic (exact) mass is 324 g/mol. The van der Waals surface area contributed by atoms with Crippen molar-refractivity contribution in [3.8, 4) is 5.75 Å². The molecule has 2 aromatic rings. The van der Waals surface area contributed by atoms with Crippen molar-refractivity contribution in [2.45, 2.75) is 31.5 Å². The molecule has 0 amide bonds. The Balaban J connectivity index is 1.96. The predicted molar refractivity (Wildman–Crippen MR) is 82.3 cm³/mol. The Labute approximate surface area is 133 Å². The first kappa shape index (κ1) is 17.3. The standard InChI is InChI=1S/C18H19F3O2/c1-23-17-11-3-2-6-13(17)7-5-10-16(22)14-8-4-9-15(12-14)18(19,20)21/h2-4,6,8-9,11-12,16,22H,5,7,10H2,1H3/t16-/m1/s1. The maximum absolute atomic E-state index is 12.7. The van der Waals surface area contributed by atoms with Crippen LogP contribution in [0.15, 0.2) is 48.5 Å². The Kier molecular flexibility index (Phi) is 5.66. The Morgan fingerprint density at radius 1 is 1.09 bits per heavy atom. The summed E-state index contributed by atoms with van der Waals surface area (Å²) in [4.78, 5) is 0. The highest BCUT2D eigenvalue weighted by atomic mass is 19.4. The summed E-state index contributed by atoms with van der Waals surface area (Å²) in [6, 6.07) is 12.4. The number of halogens is 3. The first-order chi connectivity index (χ1) is 10.9. The van der Waals surface area contributed by atoms with Crippen LogP contribution in [-0.4, -0.2) is 12.2 Å². The molecule has 0 fully saturated rings. The van der Waals surface area contributed by atoms with Crippen LogP contribution >= 0.6 is 0 Å². The fraction of sp³-hybridized carbons (Fsp3) is 0.333. The zero-order valence-corrected chi connectivity index (χ0v) is 12.8. The minimum Gasteiger partial charge on any atom is -0.496 e. The molecule has 0 aromatic heterocycles. The molecular formula is C18H19F3O2. The number of alkyl halides is 3. The fourth-order valence-electron chi connectivity index (χ4n) is 2.48. The zero-order valence-electron chi connectivity index (χ0n) is 12.8. The number of hydrogen-bond acceptors (Lipinski definition) is 2. The third kappa shape index (κ3) is 4.73. The van der Waals surface area contributed by atoms with Crippen LogP contribution < -0.4 is 4.74 Å². The van der Waals surface area contributed by atoms with Gasteiger partial charge in [0.25, 0.3) is 0 Å². The number of ether oxygens (including phenoxy) is 1. The van der Waals surface area contributed by atoms with E-state index in [4.69, 9.17) is 4.74 Å². The maximum atomic E-state index is 12.7. The average molecular weight is 324 g/mol. The molecule has 0 saturated heterocycles. The molecule has 2 nitrogen and oxygen atoms in total. The number of benzene rings is 2. The molecule has 0 spiro atoms. The first-order valence-electron chi connectivity index (χ1n) is 7.39. The van der Waals surface area contributed by atoms with Crippen LogP contribution in [0.1, 0.15) is 35.6 Å². The van der Waals surface area contributed by atoms with Gasteiger partial charge in [0.05, 0.1) is 18.8 Å². The van der Waals surface area contributed by atoms with Crippen molar-refractivity contribution in [1.82, 2.24) is 0 Å². The summed E-state index contributed by atoms with van der Waals surface area (Å²) in [7, 11) is 1.59. The normalized spacial score (nSPS) is 12.9. The summed E-state index contributed by atoms with van der Waals surface area (Å²) in [5.41, 5.74) is 0.574. The van der Waals surface area contributed by atoms with Gasteiger partial charge in [-0.15, -0.1) is 0 Å². The molecule has 1 atom stereocenters. The number of aliphatic hydroxyl groups excluding tert-OH is 1. The molecule has 2 aromatic carbocycles. The molecule has 2 rings (SSSR count). The topological polar surface area (TPSA) is 29.5 Å². The van der Waals surface area contributed by atoms with Crippen molar-refractivity contribution < 1.29 is 23.0 Å². The summed E-state index contributed by atoms with van der Waals surface area (Å²) in [6.07, 6.45) is -3.57. The van der Waals surface area contributed by atoms with E-state index in [0.717, 1.165) is 23.4 Å². The van der Waals surface area contributed by atoms with E-state index in [1.807, 2.05) is 24.3 Å². The van der Waals surface area contributed by atoms with Crippen molar-refractivity contribution in [2.24, 2.45) is 0 Å². The molecule has 0 aliphatic rings. The van der Waals surface area contributed by atoms with Crippen molar-refractivity contribution >= 4 is 0 Å². The largest absolute Gasteiger partial charge is 0.496 e. The summed E-state index contributed by atoms with van der Waals surface area (Å²) in [5.74, 6) is 0.779. The van der Waals surface area contributed by atoms with Gasteiger partial charge in [0.1, 0.15) is 5.75 Å². The van der Waals surface area contributed by atoms with Gasteiger partial charge in [0.15, 0.2) is 0 Å². The van der Waals surface area contributed by atoms with Gasteiger partial charge in [-0.1, -0.05) is 30.3 Å². The van der Waals surface area contributed by atoms with Gasteiger partial charge in [-0.3, -0.25) is 0 Å². The van der Waals surface area contributed by atoms with E-state index in [1.54, 1.807) is 7.11 Å². The molecule has 0 aliphatic carbocycles. The molecule has 23 heavy (non-hydrogen) atoms. The van der Waals surface area contributed by atoms with E-state index in [2.05, 4.69) is 0 Å². The Hall–Kier alpha value is -2.01. The second-order valence-corrected chi connectivity index (χ2v) is 5.34. The highest BCUT2D eigenvalue weighted by molar-refractivity contribution is 5.33. The van der Waals surface area contributed by atoms with Gasteiger partial charge in [-0.2, -0.15) is 13.2 Å². The molecule has 5 heteroatoms. The minimum atomic E-state index is -4.40. The first-order valence-corrected chi connectivity index (χ1v) is 7.39. The van der Waals surface area contributed by atoms with E-state index >= 15 is 0 Å². The van der Waals surface area contributed by atoms with Crippen LogP contribution in [0.3, 0.4) is 0 Å². The van der Waals surface area contributed by atoms with Crippen molar-refractivity contribution in [2.75, 3.05) is 7.11 Å². The SMILES string of the molecule is COc1ccccc1CCC[C@@H](O)c1cccc(C(F)(F)F)c1. The summed E-state index contributed by atoms with van der Waals surface area (Å²) >= 11 is 0. The maximum Gasteiger partial charge on any atom is 0.416 e. The van der Waals surface area contributed by atoms with E-state index in [-0.39, 0.29) is 0 Å². The van der Waals surface area contributed by atoms with Gasteiger partial charge >= 0.3 is 6.18 Å². The quantitative estimate of drug-likeness (QED) is 0.829. The Morgan fingerprint density at radius 3 is 2.52 bits per heavy atom. The second-order valence-electron chi connectivity index (χ2n) is 5.34. The highest BCUT2D eigenvalue weighted by Crippen LogP contribution is 2.31. The number of para-hydroxylation sites is 1. The minimum absolute atomic E-state index is 0.292. The van der Waals surface area contributed by atoms with Crippen LogP contribution in [0.25, 0.3) is 0 Å². The van der Waals surface area contributed by atoms with Gasteiger partial charge in [-0.25, -0.2) is 0 Å². The number of hydrogen-bond donors (Lipinski definition) is 1. The highest BCUT2D eigenvalue weighted by Gasteiger charge is 2.30. The van der Waals surface area contributed by atoms with Crippen LogP contribution in [0.2, 0.25) is 0 Å². The van der Waals surface area contributed by atoms with Crippen LogP contribution in [0, 0.1) is 0 Å². The molecular weight excluding hydrogens is 305 g/mol. The fourth-order valence-corrected chi connectivity index (χ4v) is 2.48. The van der Waals surface area contributed by atoms with Crippen LogP contribution in [-0.2, 0) is 12.6 Å². The molecule has 0 radical (unpaired) electrons. The lowest BCUT2D eigenvalue weighted by molar-refractivity contribution is -0.137. The zero-order chi connectivity index (χ0) is 16.9. The van der Waals surface area contributed by atoms with E-state index in [9.17, 15) is 18.3 Å². The second kappa shape index (κ2) is 7.51. The Bertz CT molecular complexity index is 638. The molecule has 1 N–H and O–H groups in total. The smallest absolute Gasteiger partial charge is 0.416 e. The lowest BCUT2D eigenvalue weighted by Crippen LogP contribution is -2.07. The number of aryl methyl sites for hydroxylation is 1. The van der Waals surface area contributed by atoms with Crippen LogP contribution in [0.5, 0.6) is 5.75 Å². The molecule has 0 aliphatic heterocycles. The van der Waals surface area contributed by atoms with E-state index < -0.39 is 17.8 Å². The Morgan fingerprint density at radius 2 is 1.83 bits per heavy atom. The lowest BCUT2D eigenvalue weighted by atomic mass is 9.99. The average Bonchev–Trinajstić information content (AvgIpc) is 2.54. The van der Waals surface area contributed by atoms with Gasteiger partial charge in [0, 0.05) is 0 Å². The predicted octanol–water partition coefficient (Wildman–Crippen LogP) is 4.77. The van der Waals surface area contributed by atoms with Gasteiger partial charge in [-0.05, 0) is 48.6 Å². The summed E-state index contributed by atoms with van der Waals surface area (Å²) in [6.45, 7) is 0. The van der Waals surface area contributed by atoms with Crippen molar-refractivity contribution in [3.05, 3.63) is 65.2 Å². The third-order valence-electron chi connectivity index (χ3n) is 3.71. The van der Waals surface area contributed by atoms with Crippen molar-refractivity contribution in [1.29, 1.82) is 0 Å². The number of rotatable bonds is 6. The lowest BCUT2D eigenvalue weighted by Gasteiger charge is -2.14. The third-order valence-corrected chi connectivity index (χ3v) is 3.71. The molecule has 124 valence electrons. The molecule has 0 bridgehead atoms. The van der Waals surface area contributed by atoms with E-state index in [0.29, 0.717) is 24.8 Å². The summed E-state index contributed by atoms with van der Waals surface area (Å²) < 4.78 is 43.3.